The molecular formula is C12H11N2+. The van der Waals surface area contributed by atoms with Crippen LogP contribution in [-0.4, -0.2) is 4.98 Å². The van der Waals surface area contributed by atoms with Crippen molar-refractivity contribution in [3.63, 3.8) is 0 Å². The highest BCUT2D eigenvalue weighted by Crippen LogP contribution is 1.93. The Morgan fingerprint density at radius 1 is 1.21 bits per heavy atom. The van der Waals surface area contributed by atoms with E-state index in [-0.39, 0.29) is 0 Å². The van der Waals surface area contributed by atoms with Crippen LogP contribution in [0.3, 0.4) is 0 Å². The molecule has 2 nitrogen and oxygen atoms in total. The molecule has 2 aromatic heterocycles. The van der Waals surface area contributed by atoms with Crippen molar-refractivity contribution in [3.8, 4) is 11.8 Å². The third-order valence-corrected chi connectivity index (χ3v) is 1.99. The first-order valence-corrected chi connectivity index (χ1v) is 4.46. The van der Waals surface area contributed by atoms with Crippen LogP contribution in [0.25, 0.3) is 0 Å². The lowest BCUT2D eigenvalue weighted by Crippen LogP contribution is -2.31. The van der Waals surface area contributed by atoms with E-state index in [9.17, 15) is 0 Å². The maximum absolute atomic E-state index is 3.11. The summed E-state index contributed by atoms with van der Waals surface area (Å²) in [5, 5.41) is 0. The number of hydrogen-bond donors (Lipinski definition) is 1. The van der Waals surface area contributed by atoms with Crippen LogP contribution < -0.4 is 4.57 Å². The van der Waals surface area contributed by atoms with Crippen molar-refractivity contribution in [2.24, 2.45) is 7.05 Å². The van der Waals surface area contributed by atoms with E-state index in [1.807, 2.05) is 54.5 Å². The highest BCUT2D eigenvalue weighted by atomic mass is 14.9. The normalized spacial score (nSPS) is 9.21. The van der Waals surface area contributed by atoms with Crippen molar-refractivity contribution in [1.29, 1.82) is 0 Å². The second kappa shape index (κ2) is 3.80. The Morgan fingerprint density at radius 2 is 2.14 bits per heavy atom. The van der Waals surface area contributed by atoms with Gasteiger partial charge in [0.25, 0.3) is 5.69 Å². The number of H-pyrrole nitrogens is 1. The van der Waals surface area contributed by atoms with Crippen LogP contribution in [0.2, 0.25) is 0 Å². The molecule has 0 unspecified atom stereocenters. The molecule has 2 rings (SSSR count). The smallest absolute Gasteiger partial charge is 0.256 e. The molecule has 1 N–H and O–H groups in total. The molecule has 0 bridgehead atoms. The Labute approximate surface area is 83.2 Å². The van der Waals surface area contributed by atoms with Crippen molar-refractivity contribution in [1.82, 2.24) is 4.98 Å². The molecule has 0 aliphatic carbocycles. The molecule has 0 saturated carbocycles. The zero-order valence-corrected chi connectivity index (χ0v) is 7.99. The Balaban J connectivity index is 2.31. The van der Waals surface area contributed by atoms with E-state index in [0.29, 0.717) is 0 Å². The minimum Gasteiger partial charge on any atom is -0.367 e. The first-order chi connectivity index (χ1) is 6.86. The van der Waals surface area contributed by atoms with E-state index in [4.69, 9.17) is 0 Å². The second-order valence-electron chi connectivity index (χ2n) is 3.05. The van der Waals surface area contributed by atoms with Crippen LogP contribution >= 0.6 is 0 Å². The average Bonchev–Trinajstić information content (AvgIpc) is 2.69. The van der Waals surface area contributed by atoms with Gasteiger partial charge in [0.15, 0.2) is 6.20 Å². The molecule has 14 heavy (non-hydrogen) atoms. The van der Waals surface area contributed by atoms with Gasteiger partial charge in [0.2, 0.25) is 0 Å². The van der Waals surface area contributed by atoms with Crippen LogP contribution in [0.1, 0.15) is 11.3 Å². The number of nitrogens with one attached hydrogen (secondary N) is 1. The third-order valence-electron chi connectivity index (χ3n) is 1.99. The Kier molecular flexibility index (Phi) is 2.33. The maximum atomic E-state index is 3.11. The molecule has 0 aromatic carbocycles. The van der Waals surface area contributed by atoms with Gasteiger partial charge in [-0.15, -0.1) is 0 Å². The molecule has 68 valence electrons. The van der Waals surface area contributed by atoms with Crippen LogP contribution in [0.4, 0.5) is 0 Å². The van der Waals surface area contributed by atoms with Gasteiger partial charge in [-0.3, -0.25) is 0 Å². The number of nitrogens with zero attached hydrogens (tertiary/aromatic N) is 1. The highest BCUT2D eigenvalue weighted by Gasteiger charge is 1.98. The van der Waals surface area contributed by atoms with Gasteiger partial charge in [0.1, 0.15) is 7.05 Å². The number of aromatic amines is 1. The number of rotatable bonds is 0. The molecule has 0 saturated heterocycles. The lowest BCUT2D eigenvalue weighted by molar-refractivity contribution is -0.673. The van der Waals surface area contributed by atoms with Crippen LogP contribution in [0.5, 0.6) is 0 Å². The highest BCUT2D eigenvalue weighted by molar-refractivity contribution is 5.36. The zero-order valence-electron chi connectivity index (χ0n) is 7.99. The molecule has 0 aliphatic heterocycles. The summed E-state index contributed by atoms with van der Waals surface area (Å²) in [6.45, 7) is 0. The van der Waals surface area contributed by atoms with Crippen LogP contribution in [0.15, 0.2) is 42.9 Å². The first kappa shape index (κ1) is 8.58. The standard InChI is InChI=1S/C12H10N2/c1-14-9-3-2-4-12(14)6-5-11-7-8-13-10-11/h2-4,7-10H,1H3/p+1. The summed E-state index contributed by atoms with van der Waals surface area (Å²) in [5.41, 5.74) is 2.02. The van der Waals surface area contributed by atoms with Gasteiger partial charge in [0, 0.05) is 36.0 Å². The van der Waals surface area contributed by atoms with E-state index >= 15 is 0 Å². The lowest BCUT2D eigenvalue weighted by Gasteiger charge is -1.87. The second-order valence-corrected chi connectivity index (χ2v) is 3.05. The van der Waals surface area contributed by atoms with Gasteiger partial charge in [-0.1, -0.05) is 5.92 Å². The average molecular weight is 183 g/mol. The van der Waals surface area contributed by atoms with E-state index in [0.717, 1.165) is 11.3 Å². The fraction of sp³-hybridized carbons (Fsp3) is 0.0833. The number of hydrogen-bond acceptors (Lipinski definition) is 0. The predicted octanol–water partition coefficient (Wildman–Crippen LogP) is 1.24. The minimum atomic E-state index is 1.01. The Bertz CT molecular complexity index is 473. The molecule has 0 aliphatic rings. The van der Waals surface area contributed by atoms with E-state index < -0.39 is 0 Å². The summed E-state index contributed by atoms with van der Waals surface area (Å²) in [4.78, 5) is 2.97. The quantitative estimate of drug-likeness (QED) is 0.468. The summed E-state index contributed by atoms with van der Waals surface area (Å²) in [5.74, 6) is 6.19. The predicted molar refractivity (Wildman–Crippen MR) is 54.4 cm³/mol. The van der Waals surface area contributed by atoms with Crippen molar-refractivity contribution >= 4 is 0 Å². The molecule has 2 heteroatoms. The molecule has 0 amide bonds. The maximum Gasteiger partial charge on any atom is 0.256 e. The summed E-state index contributed by atoms with van der Waals surface area (Å²) in [7, 11) is 1.99. The SMILES string of the molecule is C[n+]1ccccc1C#Cc1cc[nH]c1. The molecule has 0 radical (unpaired) electrons. The van der Waals surface area contributed by atoms with Gasteiger partial charge >= 0.3 is 0 Å². The summed E-state index contributed by atoms with van der Waals surface area (Å²) in [6, 6.07) is 7.93. The first-order valence-electron chi connectivity index (χ1n) is 4.46. The minimum absolute atomic E-state index is 1.01. The zero-order chi connectivity index (χ0) is 9.80. The van der Waals surface area contributed by atoms with Gasteiger partial charge in [-0.05, 0) is 12.1 Å². The Morgan fingerprint density at radius 3 is 2.86 bits per heavy atom. The van der Waals surface area contributed by atoms with E-state index in [2.05, 4.69) is 16.8 Å². The molecule has 2 heterocycles. The topological polar surface area (TPSA) is 19.7 Å². The number of aryl methyl sites for hydroxylation is 1. The molecule has 0 fully saturated rings. The third kappa shape index (κ3) is 1.83. The van der Waals surface area contributed by atoms with Gasteiger partial charge < -0.3 is 4.98 Å². The van der Waals surface area contributed by atoms with Crippen LogP contribution in [0, 0.1) is 11.8 Å². The van der Waals surface area contributed by atoms with Crippen molar-refractivity contribution in [2.75, 3.05) is 0 Å². The summed E-state index contributed by atoms with van der Waals surface area (Å²) >= 11 is 0. The van der Waals surface area contributed by atoms with Crippen LogP contribution in [-0.2, 0) is 7.05 Å². The number of aromatic nitrogens is 2. The summed E-state index contributed by atoms with van der Waals surface area (Å²) in [6.07, 6.45) is 5.74. The molecule has 0 atom stereocenters. The molecular weight excluding hydrogens is 172 g/mol. The molecule has 0 spiro atoms. The van der Waals surface area contributed by atoms with Gasteiger partial charge in [0.05, 0.1) is 0 Å². The van der Waals surface area contributed by atoms with Crippen molar-refractivity contribution < 1.29 is 4.57 Å². The molecule has 2 aromatic rings. The fourth-order valence-corrected chi connectivity index (χ4v) is 1.19. The monoisotopic (exact) mass is 183 g/mol. The largest absolute Gasteiger partial charge is 0.367 e. The van der Waals surface area contributed by atoms with Crippen molar-refractivity contribution in [3.05, 3.63) is 54.1 Å². The summed E-state index contributed by atoms with van der Waals surface area (Å²) < 4.78 is 2.00. The number of pyridine rings is 1. The van der Waals surface area contributed by atoms with Gasteiger partial charge in [-0.2, -0.15) is 4.57 Å². The lowest BCUT2D eigenvalue weighted by atomic mass is 10.3. The van der Waals surface area contributed by atoms with Crippen molar-refractivity contribution in [2.45, 2.75) is 0 Å². The fourth-order valence-electron chi connectivity index (χ4n) is 1.19. The van der Waals surface area contributed by atoms with Gasteiger partial charge in [-0.25, -0.2) is 0 Å². The Hall–Kier alpha value is -2.01. The van der Waals surface area contributed by atoms with E-state index in [1.54, 1.807) is 0 Å². The van der Waals surface area contributed by atoms with E-state index in [1.165, 1.54) is 0 Å².